The fourth-order valence-corrected chi connectivity index (χ4v) is 2.46. The lowest BCUT2D eigenvalue weighted by atomic mass is 10.1. The van der Waals surface area contributed by atoms with Crippen molar-refractivity contribution in [1.29, 1.82) is 0 Å². The third-order valence-corrected chi connectivity index (χ3v) is 3.51. The van der Waals surface area contributed by atoms with E-state index < -0.39 is 0 Å². The van der Waals surface area contributed by atoms with Crippen LogP contribution < -0.4 is 10.2 Å². The van der Waals surface area contributed by atoms with E-state index in [-0.39, 0.29) is 6.61 Å². The number of hydrogen-bond acceptors (Lipinski definition) is 3. The predicted octanol–water partition coefficient (Wildman–Crippen LogP) is 1.63. The van der Waals surface area contributed by atoms with Crippen LogP contribution in [0.15, 0.2) is 30.3 Å². The first-order chi connectivity index (χ1) is 8.31. The third kappa shape index (κ3) is 3.20. The molecule has 0 bridgehead atoms. The highest BCUT2D eigenvalue weighted by atomic mass is 16.3. The maximum absolute atomic E-state index is 9.07. The van der Waals surface area contributed by atoms with Crippen LogP contribution >= 0.6 is 0 Å². The first kappa shape index (κ1) is 12.4. The van der Waals surface area contributed by atoms with Gasteiger partial charge in [0, 0.05) is 30.9 Å². The van der Waals surface area contributed by atoms with Crippen LogP contribution in [-0.2, 0) is 0 Å². The maximum Gasteiger partial charge on any atom is 0.0446 e. The van der Waals surface area contributed by atoms with Crippen molar-refractivity contribution in [1.82, 2.24) is 5.32 Å². The average Bonchev–Trinajstić information content (AvgIpc) is 2.53. The number of hydrogen-bond donors (Lipinski definition) is 2. The van der Waals surface area contributed by atoms with Crippen LogP contribution in [0.1, 0.15) is 19.8 Å². The molecule has 1 heterocycles. The largest absolute Gasteiger partial charge is 0.396 e. The van der Waals surface area contributed by atoms with Gasteiger partial charge in [-0.15, -0.1) is 0 Å². The molecule has 2 N–H and O–H groups in total. The summed E-state index contributed by atoms with van der Waals surface area (Å²) in [6, 6.07) is 11.5. The predicted molar refractivity (Wildman–Crippen MR) is 71.4 cm³/mol. The summed E-state index contributed by atoms with van der Waals surface area (Å²) in [5.74, 6) is 0. The second-order valence-corrected chi connectivity index (χ2v) is 4.79. The molecular weight excluding hydrogens is 212 g/mol. The van der Waals surface area contributed by atoms with Gasteiger partial charge in [0.15, 0.2) is 0 Å². The van der Waals surface area contributed by atoms with Crippen LogP contribution in [0.3, 0.4) is 0 Å². The van der Waals surface area contributed by atoms with Gasteiger partial charge in [0.05, 0.1) is 0 Å². The topological polar surface area (TPSA) is 35.5 Å². The van der Waals surface area contributed by atoms with Gasteiger partial charge in [0.1, 0.15) is 0 Å². The van der Waals surface area contributed by atoms with E-state index in [0.29, 0.717) is 12.1 Å². The Kier molecular flexibility index (Phi) is 4.40. The minimum atomic E-state index is 0.259. The molecule has 1 aliphatic heterocycles. The number of nitrogens with one attached hydrogen (secondary N) is 1. The van der Waals surface area contributed by atoms with Gasteiger partial charge in [-0.25, -0.2) is 0 Å². The number of aliphatic hydroxyl groups excluding tert-OH is 1. The number of anilines is 1. The molecule has 0 spiro atoms. The highest BCUT2D eigenvalue weighted by molar-refractivity contribution is 5.47. The van der Waals surface area contributed by atoms with Crippen LogP contribution in [0.5, 0.6) is 0 Å². The van der Waals surface area contributed by atoms with Crippen LogP contribution in [-0.4, -0.2) is 36.9 Å². The molecule has 1 aromatic carbocycles. The van der Waals surface area contributed by atoms with Gasteiger partial charge in [-0.3, -0.25) is 0 Å². The van der Waals surface area contributed by atoms with E-state index in [9.17, 15) is 0 Å². The van der Waals surface area contributed by atoms with Crippen molar-refractivity contribution in [2.24, 2.45) is 0 Å². The number of para-hydroxylation sites is 1. The Hall–Kier alpha value is -1.06. The smallest absolute Gasteiger partial charge is 0.0446 e. The van der Waals surface area contributed by atoms with E-state index in [4.69, 9.17) is 5.11 Å². The first-order valence-electron chi connectivity index (χ1n) is 6.47. The van der Waals surface area contributed by atoms with Gasteiger partial charge in [-0.05, 0) is 38.4 Å². The van der Waals surface area contributed by atoms with E-state index in [2.05, 4.69) is 47.5 Å². The van der Waals surface area contributed by atoms with Crippen molar-refractivity contribution in [2.75, 3.05) is 24.6 Å². The average molecular weight is 234 g/mol. The van der Waals surface area contributed by atoms with Crippen molar-refractivity contribution >= 4 is 5.69 Å². The van der Waals surface area contributed by atoms with Gasteiger partial charge in [0.2, 0.25) is 0 Å². The number of nitrogens with zero attached hydrogens (tertiary/aromatic N) is 1. The van der Waals surface area contributed by atoms with E-state index in [1.54, 1.807) is 0 Å². The van der Waals surface area contributed by atoms with Crippen LogP contribution in [0.2, 0.25) is 0 Å². The third-order valence-electron chi connectivity index (χ3n) is 3.51. The Morgan fingerprint density at radius 3 is 2.82 bits per heavy atom. The molecule has 0 amide bonds. The molecule has 2 unspecified atom stereocenters. The van der Waals surface area contributed by atoms with Gasteiger partial charge < -0.3 is 15.3 Å². The second-order valence-electron chi connectivity index (χ2n) is 4.79. The fourth-order valence-electron chi connectivity index (χ4n) is 2.46. The van der Waals surface area contributed by atoms with Crippen molar-refractivity contribution in [2.45, 2.75) is 31.8 Å². The highest BCUT2D eigenvalue weighted by Gasteiger charge is 2.22. The summed E-state index contributed by atoms with van der Waals surface area (Å²) in [5, 5.41) is 12.6. The molecule has 0 aromatic heterocycles. The molecule has 0 saturated carbocycles. The molecule has 2 atom stereocenters. The molecule has 0 aliphatic carbocycles. The Morgan fingerprint density at radius 1 is 1.35 bits per heavy atom. The fraction of sp³-hybridized carbons (Fsp3) is 0.571. The standard InChI is InChI=1S/C14H22N2O/c1-12-7-9-15-13(8-10-17)11-16(12)14-5-3-2-4-6-14/h2-6,12-13,15,17H,7-11H2,1H3. The quantitative estimate of drug-likeness (QED) is 0.834. The molecule has 2 rings (SSSR count). The molecule has 1 saturated heterocycles. The van der Waals surface area contributed by atoms with Gasteiger partial charge in [-0.2, -0.15) is 0 Å². The molecule has 1 aliphatic rings. The lowest BCUT2D eigenvalue weighted by molar-refractivity contribution is 0.267. The SMILES string of the molecule is CC1CCNC(CCO)CN1c1ccccc1. The van der Waals surface area contributed by atoms with Crippen molar-refractivity contribution in [3.8, 4) is 0 Å². The molecule has 94 valence electrons. The summed E-state index contributed by atoms with van der Waals surface area (Å²) in [5.41, 5.74) is 1.28. The van der Waals surface area contributed by atoms with Crippen LogP contribution in [0.4, 0.5) is 5.69 Å². The number of aliphatic hydroxyl groups is 1. The number of benzene rings is 1. The summed E-state index contributed by atoms with van der Waals surface area (Å²) < 4.78 is 0. The van der Waals surface area contributed by atoms with E-state index >= 15 is 0 Å². The Balaban J connectivity index is 2.12. The lowest BCUT2D eigenvalue weighted by Crippen LogP contribution is -2.40. The van der Waals surface area contributed by atoms with Crippen LogP contribution in [0.25, 0.3) is 0 Å². The normalized spacial score (nSPS) is 25.6. The second kappa shape index (κ2) is 6.03. The van der Waals surface area contributed by atoms with E-state index in [0.717, 1.165) is 25.9 Å². The Labute approximate surface area is 103 Å². The summed E-state index contributed by atoms with van der Waals surface area (Å²) in [7, 11) is 0. The first-order valence-corrected chi connectivity index (χ1v) is 6.47. The maximum atomic E-state index is 9.07. The van der Waals surface area contributed by atoms with Gasteiger partial charge in [0.25, 0.3) is 0 Å². The van der Waals surface area contributed by atoms with E-state index in [1.807, 2.05) is 0 Å². The van der Waals surface area contributed by atoms with E-state index in [1.165, 1.54) is 5.69 Å². The molecule has 3 heteroatoms. The molecule has 1 fully saturated rings. The molecule has 17 heavy (non-hydrogen) atoms. The molecular formula is C14H22N2O. The summed E-state index contributed by atoms with van der Waals surface area (Å²) in [6.45, 7) is 4.55. The molecule has 1 aromatic rings. The zero-order valence-electron chi connectivity index (χ0n) is 10.5. The summed E-state index contributed by atoms with van der Waals surface area (Å²) in [4.78, 5) is 2.44. The Bertz CT molecular complexity index is 328. The Morgan fingerprint density at radius 2 is 2.12 bits per heavy atom. The van der Waals surface area contributed by atoms with Crippen molar-refractivity contribution < 1.29 is 5.11 Å². The molecule has 3 nitrogen and oxygen atoms in total. The van der Waals surface area contributed by atoms with Crippen molar-refractivity contribution in [3.05, 3.63) is 30.3 Å². The lowest BCUT2D eigenvalue weighted by Gasteiger charge is -2.31. The zero-order valence-corrected chi connectivity index (χ0v) is 10.5. The van der Waals surface area contributed by atoms with Crippen LogP contribution in [0, 0.1) is 0 Å². The monoisotopic (exact) mass is 234 g/mol. The minimum Gasteiger partial charge on any atom is -0.396 e. The summed E-state index contributed by atoms with van der Waals surface area (Å²) >= 11 is 0. The minimum absolute atomic E-state index is 0.259. The zero-order chi connectivity index (χ0) is 12.1. The van der Waals surface area contributed by atoms with Crippen molar-refractivity contribution in [3.63, 3.8) is 0 Å². The van der Waals surface area contributed by atoms with Gasteiger partial charge in [-0.1, -0.05) is 18.2 Å². The van der Waals surface area contributed by atoms with Gasteiger partial charge >= 0.3 is 0 Å². The molecule has 0 radical (unpaired) electrons. The summed E-state index contributed by atoms with van der Waals surface area (Å²) in [6.07, 6.45) is 1.98. The highest BCUT2D eigenvalue weighted by Crippen LogP contribution is 2.20. The number of rotatable bonds is 3.